The molecule has 2 aromatic heterocycles. The second-order valence-corrected chi connectivity index (χ2v) is 9.33. The molecule has 0 aliphatic rings. The first kappa shape index (κ1) is 19.9. The number of hydrogen-bond acceptors (Lipinski definition) is 6. The Kier molecular flexibility index (Phi) is 4.91. The SMILES string of the molecule is CS(=O)(=O)c1ccc(Nc2nc3c(-c4ccccc4-c4ccccc4)nccn3n2)cc1. The molecule has 2 heterocycles. The molecule has 158 valence electrons. The van der Waals surface area contributed by atoms with Crippen molar-refractivity contribution in [1.29, 1.82) is 0 Å². The number of sulfone groups is 1. The molecule has 0 saturated heterocycles. The van der Waals surface area contributed by atoms with Crippen molar-refractivity contribution < 1.29 is 8.42 Å². The molecule has 0 spiro atoms. The summed E-state index contributed by atoms with van der Waals surface area (Å²) in [6.07, 6.45) is 4.62. The highest BCUT2D eigenvalue weighted by Crippen LogP contribution is 2.32. The summed E-state index contributed by atoms with van der Waals surface area (Å²) >= 11 is 0. The van der Waals surface area contributed by atoms with Gasteiger partial charge >= 0.3 is 0 Å². The molecule has 5 rings (SSSR count). The summed E-state index contributed by atoms with van der Waals surface area (Å²) < 4.78 is 25.0. The fraction of sp³-hybridized carbons (Fsp3) is 0.0417. The molecule has 0 saturated carbocycles. The number of nitrogens with zero attached hydrogens (tertiary/aromatic N) is 4. The number of fused-ring (bicyclic) bond motifs is 1. The third kappa shape index (κ3) is 3.83. The first-order valence-corrected chi connectivity index (χ1v) is 11.8. The molecule has 0 amide bonds. The molecule has 1 N–H and O–H groups in total. The zero-order valence-corrected chi connectivity index (χ0v) is 18.0. The predicted octanol–water partition coefficient (Wildman–Crippen LogP) is 4.61. The molecule has 0 atom stereocenters. The van der Waals surface area contributed by atoms with Crippen LogP contribution in [0.5, 0.6) is 0 Å². The van der Waals surface area contributed by atoms with Gasteiger partial charge in [0.2, 0.25) is 5.95 Å². The third-order valence-electron chi connectivity index (χ3n) is 5.06. The smallest absolute Gasteiger partial charge is 0.247 e. The van der Waals surface area contributed by atoms with Crippen LogP contribution in [0.25, 0.3) is 28.0 Å². The zero-order valence-electron chi connectivity index (χ0n) is 17.2. The lowest BCUT2D eigenvalue weighted by molar-refractivity contribution is 0.602. The monoisotopic (exact) mass is 441 g/mol. The second-order valence-electron chi connectivity index (χ2n) is 7.31. The van der Waals surface area contributed by atoms with Crippen molar-refractivity contribution in [3.63, 3.8) is 0 Å². The Morgan fingerprint density at radius 1 is 0.844 bits per heavy atom. The van der Waals surface area contributed by atoms with Gasteiger partial charge in [0.05, 0.1) is 4.90 Å². The van der Waals surface area contributed by atoms with Gasteiger partial charge in [-0.3, -0.25) is 4.98 Å². The van der Waals surface area contributed by atoms with E-state index in [0.29, 0.717) is 17.3 Å². The van der Waals surface area contributed by atoms with Crippen LogP contribution in [-0.2, 0) is 9.84 Å². The fourth-order valence-corrected chi connectivity index (χ4v) is 4.16. The lowest BCUT2D eigenvalue weighted by Gasteiger charge is -2.09. The molecule has 0 aliphatic carbocycles. The van der Waals surface area contributed by atoms with Gasteiger partial charge in [-0.1, -0.05) is 54.6 Å². The Bertz CT molecular complexity index is 1510. The molecular weight excluding hydrogens is 422 g/mol. The average Bonchev–Trinajstić information content (AvgIpc) is 3.22. The van der Waals surface area contributed by atoms with E-state index in [2.05, 4.69) is 38.6 Å². The Hall–Kier alpha value is -4.04. The van der Waals surface area contributed by atoms with E-state index in [9.17, 15) is 8.42 Å². The van der Waals surface area contributed by atoms with E-state index in [-0.39, 0.29) is 4.90 Å². The van der Waals surface area contributed by atoms with Gasteiger partial charge in [0.15, 0.2) is 15.5 Å². The molecule has 0 fully saturated rings. The minimum atomic E-state index is -3.25. The summed E-state index contributed by atoms with van der Waals surface area (Å²) in [5, 5.41) is 7.64. The predicted molar refractivity (Wildman–Crippen MR) is 124 cm³/mol. The number of nitrogens with one attached hydrogen (secondary N) is 1. The Morgan fingerprint density at radius 2 is 1.53 bits per heavy atom. The highest BCUT2D eigenvalue weighted by molar-refractivity contribution is 7.90. The van der Waals surface area contributed by atoms with Crippen LogP contribution in [0.4, 0.5) is 11.6 Å². The van der Waals surface area contributed by atoms with Gasteiger partial charge in [-0.25, -0.2) is 12.9 Å². The third-order valence-corrected chi connectivity index (χ3v) is 6.19. The second kappa shape index (κ2) is 7.90. The molecule has 0 radical (unpaired) electrons. The van der Waals surface area contributed by atoms with Crippen molar-refractivity contribution in [2.24, 2.45) is 0 Å². The minimum Gasteiger partial charge on any atom is -0.323 e. The van der Waals surface area contributed by atoms with Crippen LogP contribution in [0.3, 0.4) is 0 Å². The summed E-state index contributed by atoms with van der Waals surface area (Å²) in [7, 11) is -3.25. The molecule has 0 bridgehead atoms. The van der Waals surface area contributed by atoms with E-state index >= 15 is 0 Å². The molecule has 0 unspecified atom stereocenters. The maximum absolute atomic E-state index is 11.7. The van der Waals surface area contributed by atoms with Crippen LogP contribution in [0.1, 0.15) is 0 Å². The van der Waals surface area contributed by atoms with Crippen LogP contribution in [0, 0.1) is 0 Å². The summed E-state index contributed by atoms with van der Waals surface area (Å²) in [4.78, 5) is 9.51. The molecular formula is C24H19N5O2S. The van der Waals surface area contributed by atoms with Crippen LogP contribution in [0.15, 0.2) is 96.2 Å². The van der Waals surface area contributed by atoms with Crippen LogP contribution < -0.4 is 5.32 Å². The number of anilines is 2. The molecule has 7 nitrogen and oxygen atoms in total. The maximum Gasteiger partial charge on any atom is 0.247 e. The van der Waals surface area contributed by atoms with E-state index < -0.39 is 9.84 Å². The summed E-state index contributed by atoms with van der Waals surface area (Å²) in [5.41, 5.74) is 5.14. The van der Waals surface area contributed by atoms with Crippen molar-refractivity contribution in [2.45, 2.75) is 4.90 Å². The van der Waals surface area contributed by atoms with Crippen molar-refractivity contribution in [3.8, 4) is 22.4 Å². The van der Waals surface area contributed by atoms with Gasteiger partial charge in [0.1, 0.15) is 5.69 Å². The standard InChI is InChI=1S/C24H19N5O2S/c1-32(30,31)19-13-11-18(12-14-19)26-24-27-23-22(25-15-16-29(23)28-24)21-10-6-5-9-20(21)17-7-3-2-4-8-17/h2-16H,1H3,(H,26,28). The summed E-state index contributed by atoms with van der Waals surface area (Å²) in [6.45, 7) is 0. The number of rotatable bonds is 5. The quantitative estimate of drug-likeness (QED) is 0.429. The first-order valence-electron chi connectivity index (χ1n) is 9.92. The fourth-order valence-electron chi connectivity index (χ4n) is 3.53. The molecule has 0 aliphatic heterocycles. The molecule has 8 heteroatoms. The number of benzene rings is 3. The van der Waals surface area contributed by atoms with Crippen LogP contribution in [0.2, 0.25) is 0 Å². The Balaban J connectivity index is 1.54. The minimum absolute atomic E-state index is 0.259. The van der Waals surface area contributed by atoms with Crippen molar-refractivity contribution in [1.82, 2.24) is 19.6 Å². The van der Waals surface area contributed by atoms with Crippen molar-refractivity contribution in [3.05, 3.63) is 91.3 Å². The first-order chi connectivity index (χ1) is 15.5. The zero-order chi connectivity index (χ0) is 22.1. The van der Waals surface area contributed by atoms with Crippen LogP contribution in [-0.4, -0.2) is 34.3 Å². The van der Waals surface area contributed by atoms with Gasteiger partial charge in [-0.2, -0.15) is 4.98 Å². The lowest BCUT2D eigenvalue weighted by Crippen LogP contribution is -1.98. The normalized spacial score (nSPS) is 11.5. The Morgan fingerprint density at radius 3 is 2.25 bits per heavy atom. The van der Waals surface area contributed by atoms with Crippen LogP contribution >= 0.6 is 0 Å². The molecule has 3 aromatic carbocycles. The summed E-state index contributed by atoms with van der Waals surface area (Å²) in [5.74, 6) is 0.392. The highest BCUT2D eigenvalue weighted by Gasteiger charge is 2.15. The van der Waals surface area contributed by atoms with E-state index in [1.165, 1.54) is 6.26 Å². The number of hydrogen-bond donors (Lipinski definition) is 1. The van der Waals surface area contributed by atoms with Gasteiger partial charge in [0, 0.05) is 29.9 Å². The maximum atomic E-state index is 11.7. The number of aromatic nitrogens is 4. The topological polar surface area (TPSA) is 89.2 Å². The lowest BCUT2D eigenvalue weighted by atomic mass is 9.98. The van der Waals surface area contributed by atoms with Gasteiger partial charge in [-0.05, 0) is 35.4 Å². The highest BCUT2D eigenvalue weighted by atomic mass is 32.2. The molecule has 5 aromatic rings. The van der Waals surface area contributed by atoms with E-state index in [1.807, 2.05) is 36.4 Å². The Labute approximate surface area is 185 Å². The van der Waals surface area contributed by atoms with Crippen molar-refractivity contribution in [2.75, 3.05) is 11.6 Å². The van der Waals surface area contributed by atoms with Gasteiger partial charge in [0.25, 0.3) is 0 Å². The summed E-state index contributed by atoms with van der Waals surface area (Å²) in [6, 6.07) is 24.7. The van der Waals surface area contributed by atoms with Gasteiger partial charge in [-0.15, -0.1) is 5.10 Å². The van der Waals surface area contributed by atoms with E-state index in [0.717, 1.165) is 22.4 Å². The van der Waals surface area contributed by atoms with E-state index in [1.54, 1.807) is 41.2 Å². The van der Waals surface area contributed by atoms with E-state index in [4.69, 9.17) is 0 Å². The van der Waals surface area contributed by atoms with Gasteiger partial charge < -0.3 is 5.32 Å². The molecule has 32 heavy (non-hydrogen) atoms. The van der Waals surface area contributed by atoms with Crippen molar-refractivity contribution >= 4 is 27.1 Å². The average molecular weight is 442 g/mol. The largest absolute Gasteiger partial charge is 0.323 e.